The monoisotopic (exact) mass is 308 g/mol. The lowest BCUT2D eigenvalue weighted by atomic mass is 9.85. The topological polar surface area (TPSA) is 64.3 Å². The van der Waals surface area contributed by atoms with E-state index < -0.39 is 11.4 Å². The van der Waals surface area contributed by atoms with Gasteiger partial charge in [0.15, 0.2) is 5.60 Å². The number of nitrogens with one attached hydrogen (secondary N) is 1. The Kier molecular flexibility index (Phi) is 5.53. The maximum Gasteiger partial charge on any atom is 0.256 e. The van der Waals surface area contributed by atoms with E-state index in [9.17, 15) is 9.18 Å². The van der Waals surface area contributed by atoms with Gasteiger partial charge in [-0.3, -0.25) is 4.79 Å². The molecule has 0 aliphatic heterocycles. The summed E-state index contributed by atoms with van der Waals surface area (Å²) in [4.78, 5) is 12.6. The number of ether oxygens (including phenoxy) is 1. The van der Waals surface area contributed by atoms with Crippen LogP contribution in [0.5, 0.6) is 0 Å². The minimum atomic E-state index is -1.32. The van der Waals surface area contributed by atoms with Crippen molar-refractivity contribution in [2.24, 2.45) is 11.7 Å². The maximum atomic E-state index is 14.0. The summed E-state index contributed by atoms with van der Waals surface area (Å²) in [5.41, 5.74) is 4.62. The number of hydrogen-bond acceptors (Lipinski definition) is 3. The van der Waals surface area contributed by atoms with Crippen molar-refractivity contribution in [2.75, 3.05) is 13.7 Å². The smallest absolute Gasteiger partial charge is 0.256 e. The van der Waals surface area contributed by atoms with E-state index >= 15 is 0 Å². The minimum absolute atomic E-state index is 0.108. The third-order valence-electron chi connectivity index (χ3n) is 4.74. The molecule has 1 aromatic rings. The zero-order valence-corrected chi connectivity index (χ0v) is 13.3. The van der Waals surface area contributed by atoms with E-state index in [-0.39, 0.29) is 17.5 Å². The van der Waals surface area contributed by atoms with Crippen LogP contribution in [0.1, 0.15) is 38.2 Å². The Balaban J connectivity index is 2.08. The molecular formula is C17H25FN2O2. The van der Waals surface area contributed by atoms with Crippen LogP contribution in [0.4, 0.5) is 4.39 Å². The molecule has 1 aromatic carbocycles. The molecular weight excluding hydrogens is 283 g/mol. The molecule has 2 rings (SSSR count). The second-order valence-electron chi connectivity index (χ2n) is 6.14. The van der Waals surface area contributed by atoms with Gasteiger partial charge in [-0.05, 0) is 51.1 Å². The molecule has 0 heterocycles. The number of carbonyl (C=O) groups excluding carboxylic acids is 1. The Bertz CT molecular complexity index is 515. The summed E-state index contributed by atoms with van der Waals surface area (Å²) in [5, 5.41) is 3.01. The van der Waals surface area contributed by atoms with Crippen LogP contribution < -0.4 is 11.1 Å². The lowest BCUT2D eigenvalue weighted by Crippen LogP contribution is -2.49. The highest BCUT2D eigenvalue weighted by atomic mass is 19.1. The Labute approximate surface area is 131 Å². The molecule has 1 fully saturated rings. The van der Waals surface area contributed by atoms with E-state index in [2.05, 4.69) is 5.32 Å². The zero-order valence-electron chi connectivity index (χ0n) is 13.3. The highest BCUT2D eigenvalue weighted by Crippen LogP contribution is 2.29. The quantitative estimate of drug-likeness (QED) is 0.877. The van der Waals surface area contributed by atoms with Gasteiger partial charge in [0.1, 0.15) is 5.82 Å². The first-order valence-corrected chi connectivity index (χ1v) is 7.82. The van der Waals surface area contributed by atoms with E-state index in [1.807, 2.05) is 0 Å². The van der Waals surface area contributed by atoms with Crippen LogP contribution in [0, 0.1) is 11.7 Å². The van der Waals surface area contributed by atoms with Gasteiger partial charge in [0, 0.05) is 18.7 Å². The van der Waals surface area contributed by atoms with Gasteiger partial charge in [-0.2, -0.15) is 0 Å². The summed E-state index contributed by atoms with van der Waals surface area (Å²) < 4.78 is 19.4. The van der Waals surface area contributed by atoms with Gasteiger partial charge in [0.25, 0.3) is 5.91 Å². The van der Waals surface area contributed by atoms with Crippen LogP contribution >= 0.6 is 0 Å². The lowest BCUT2D eigenvalue weighted by molar-refractivity contribution is -0.144. The van der Waals surface area contributed by atoms with Gasteiger partial charge in [-0.1, -0.05) is 18.2 Å². The Hall–Kier alpha value is -1.46. The first-order valence-electron chi connectivity index (χ1n) is 7.82. The third-order valence-corrected chi connectivity index (χ3v) is 4.74. The summed E-state index contributed by atoms with van der Waals surface area (Å²) in [6, 6.07) is 6.34. The number of carbonyl (C=O) groups is 1. The molecule has 0 saturated heterocycles. The van der Waals surface area contributed by atoms with Gasteiger partial charge in [-0.15, -0.1) is 0 Å². The maximum absolute atomic E-state index is 14.0. The Morgan fingerprint density at radius 1 is 1.36 bits per heavy atom. The van der Waals surface area contributed by atoms with E-state index in [0.29, 0.717) is 12.5 Å². The molecule has 0 aromatic heterocycles. The summed E-state index contributed by atoms with van der Waals surface area (Å²) in [6.07, 6.45) is 3.85. The molecule has 1 unspecified atom stereocenters. The number of rotatable bonds is 5. The van der Waals surface area contributed by atoms with E-state index in [1.54, 1.807) is 25.1 Å². The first-order chi connectivity index (χ1) is 10.5. The SMILES string of the molecule is COC(C)(C(=O)NC1CCC(CN)CC1)c1ccccc1F. The molecule has 1 atom stereocenters. The molecule has 0 radical (unpaired) electrons. The zero-order chi connectivity index (χ0) is 16.2. The predicted molar refractivity (Wildman–Crippen MR) is 83.7 cm³/mol. The molecule has 0 bridgehead atoms. The van der Waals surface area contributed by atoms with Crippen molar-refractivity contribution in [3.63, 3.8) is 0 Å². The van der Waals surface area contributed by atoms with E-state index in [1.165, 1.54) is 13.2 Å². The van der Waals surface area contributed by atoms with Gasteiger partial charge < -0.3 is 15.8 Å². The lowest BCUT2D eigenvalue weighted by Gasteiger charge is -2.33. The Morgan fingerprint density at radius 2 is 2.00 bits per heavy atom. The average Bonchev–Trinajstić information content (AvgIpc) is 2.55. The van der Waals surface area contributed by atoms with Gasteiger partial charge in [0.2, 0.25) is 0 Å². The molecule has 1 amide bonds. The number of halogens is 1. The average molecular weight is 308 g/mol. The van der Waals surface area contributed by atoms with Crippen molar-refractivity contribution in [3.8, 4) is 0 Å². The summed E-state index contributed by atoms with van der Waals surface area (Å²) >= 11 is 0. The van der Waals surface area contributed by atoms with Gasteiger partial charge in [0.05, 0.1) is 0 Å². The molecule has 22 heavy (non-hydrogen) atoms. The molecule has 4 nitrogen and oxygen atoms in total. The number of nitrogens with two attached hydrogens (primary N) is 1. The van der Waals surface area contributed by atoms with Crippen LogP contribution in [0.15, 0.2) is 24.3 Å². The normalized spacial score (nSPS) is 24.5. The highest BCUT2D eigenvalue weighted by Gasteiger charge is 2.38. The molecule has 3 N–H and O–H groups in total. The van der Waals surface area contributed by atoms with Crippen molar-refractivity contribution in [3.05, 3.63) is 35.6 Å². The van der Waals surface area contributed by atoms with Crippen molar-refractivity contribution < 1.29 is 13.9 Å². The van der Waals surface area contributed by atoms with Crippen molar-refractivity contribution in [1.29, 1.82) is 0 Å². The minimum Gasteiger partial charge on any atom is -0.364 e. The Morgan fingerprint density at radius 3 is 2.55 bits per heavy atom. The number of amides is 1. The van der Waals surface area contributed by atoms with E-state index in [4.69, 9.17) is 10.5 Å². The second kappa shape index (κ2) is 7.20. The van der Waals surface area contributed by atoms with Crippen LogP contribution in [0.2, 0.25) is 0 Å². The molecule has 5 heteroatoms. The fourth-order valence-corrected chi connectivity index (χ4v) is 3.04. The summed E-state index contributed by atoms with van der Waals surface area (Å²) in [6.45, 7) is 2.30. The summed E-state index contributed by atoms with van der Waals surface area (Å²) in [7, 11) is 1.43. The largest absolute Gasteiger partial charge is 0.364 e. The van der Waals surface area contributed by atoms with Crippen molar-refractivity contribution in [2.45, 2.75) is 44.2 Å². The highest BCUT2D eigenvalue weighted by molar-refractivity contribution is 5.86. The van der Waals surface area contributed by atoms with Crippen LogP contribution in [-0.4, -0.2) is 25.6 Å². The number of hydrogen-bond donors (Lipinski definition) is 2. The van der Waals surface area contributed by atoms with Gasteiger partial charge >= 0.3 is 0 Å². The fourth-order valence-electron chi connectivity index (χ4n) is 3.04. The van der Waals surface area contributed by atoms with Gasteiger partial charge in [-0.25, -0.2) is 4.39 Å². The van der Waals surface area contributed by atoms with Crippen LogP contribution in [-0.2, 0) is 15.1 Å². The van der Waals surface area contributed by atoms with Crippen LogP contribution in [0.3, 0.4) is 0 Å². The molecule has 0 spiro atoms. The van der Waals surface area contributed by atoms with Crippen LogP contribution in [0.25, 0.3) is 0 Å². The predicted octanol–water partition coefficient (Wildman–Crippen LogP) is 2.32. The molecule has 1 saturated carbocycles. The van der Waals surface area contributed by atoms with Crippen molar-refractivity contribution >= 4 is 5.91 Å². The third kappa shape index (κ3) is 3.47. The number of benzene rings is 1. The molecule has 1 aliphatic carbocycles. The standard InChI is InChI=1S/C17H25FN2O2/c1-17(22-2,14-5-3-4-6-15(14)18)16(21)20-13-9-7-12(11-19)8-10-13/h3-6,12-13H,7-11,19H2,1-2H3,(H,20,21). The van der Waals surface area contributed by atoms with E-state index in [0.717, 1.165) is 25.7 Å². The first kappa shape index (κ1) is 16.9. The number of methoxy groups -OCH3 is 1. The molecule has 1 aliphatic rings. The van der Waals surface area contributed by atoms with Crippen molar-refractivity contribution in [1.82, 2.24) is 5.32 Å². The summed E-state index contributed by atoms with van der Waals surface area (Å²) in [5.74, 6) is -0.182. The fraction of sp³-hybridized carbons (Fsp3) is 0.588. The molecule has 122 valence electrons. The second-order valence-corrected chi connectivity index (χ2v) is 6.14.